The van der Waals surface area contributed by atoms with Gasteiger partial charge in [-0.1, -0.05) is 181 Å². The van der Waals surface area contributed by atoms with Gasteiger partial charge in [-0.25, -0.2) is 39.1 Å². The zero-order valence-electron chi connectivity index (χ0n) is 44.3. The number of esters is 4. The van der Waals surface area contributed by atoms with Gasteiger partial charge in [-0.15, -0.1) is 0 Å². The molecule has 0 N–H and O–H groups in total. The lowest BCUT2D eigenvalue weighted by Gasteiger charge is -2.40. The van der Waals surface area contributed by atoms with Crippen LogP contribution in [-0.2, 0) is 94.8 Å². The molecule has 2 aromatic heterocycles. The summed E-state index contributed by atoms with van der Waals surface area (Å²) in [5.41, 5.74) is -2.55. The first kappa shape index (κ1) is 56.2. The van der Waals surface area contributed by atoms with E-state index in [2.05, 4.69) is 9.98 Å². The maximum atomic E-state index is 15.1. The van der Waals surface area contributed by atoms with Crippen molar-refractivity contribution < 1.29 is 57.2 Å². The number of fused-ring (bicyclic) bond motifs is 7. The SMILES string of the molecule is CCN1C(=O)C(=Nc2nc3c(s2)C2=CC4C=C5OC(C(=O)OCc6ccccc6)(C(=O)OCc6ccccc6)c6nc(N=C7SC(=S)N(CC)C7=O)sc6C5=CC4C=C2OC3(C(=O)OCc2ccccc2)C(=O)OCc2ccccc2)SC1=S. The molecule has 422 valence electrons. The third kappa shape index (κ3) is 10.4. The number of aromatic nitrogens is 2. The monoisotopic (exact) mass is 1230 g/mol. The van der Waals surface area contributed by atoms with Crippen LogP contribution in [0.5, 0.6) is 0 Å². The van der Waals surface area contributed by atoms with Gasteiger partial charge in [0, 0.05) is 36.1 Å². The topological polar surface area (TPSA) is 215 Å². The normalized spacial score (nSPS) is 19.7. The fraction of sp³-hybridized carbons (Fsp3) is 0.200. The Morgan fingerprint density at radius 2 is 0.821 bits per heavy atom. The quantitative estimate of drug-likeness (QED) is 0.0381. The van der Waals surface area contributed by atoms with E-state index in [4.69, 9.17) is 62.8 Å². The Morgan fingerprint density at radius 3 is 1.11 bits per heavy atom. The number of benzene rings is 4. The van der Waals surface area contributed by atoms with Crippen molar-refractivity contribution in [2.75, 3.05) is 13.1 Å². The van der Waals surface area contributed by atoms with E-state index in [0.29, 0.717) is 55.1 Å². The van der Waals surface area contributed by atoms with Crippen LogP contribution >= 0.6 is 70.6 Å². The van der Waals surface area contributed by atoms with E-state index in [1.54, 1.807) is 123 Å². The molecule has 0 saturated carbocycles. The van der Waals surface area contributed by atoms with Gasteiger partial charge in [0.1, 0.15) is 58.0 Å². The maximum absolute atomic E-state index is 15.1. The molecule has 6 aliphatic rings. The van der Waals surface area contributed by atoms with Gasteiger partial charge in [0.05, 0.1) is 9.75 Å². The van der Waals surface area contributed by atoms with E-state index in [-0.39, 0.29) is 79.4 Å². The number of hydrogen-bond donors (Lipinski definition) is 0. The molecule has 6 heterocycles. The Balaban J connectivity index is 1.00. The lowest BCUT2D eigenvalue weighted by molar-refractivity contribution is -0.191. The van der Waals surface area contributed by atoms with Crippen molar-refractivity contribution in [3.8, 4) is 0 Å². The summed E-state index contributed by atoms with van der Waals surface area (Å²) < 4.78 is 38.2. The summed E-state index contributed by atoms with van der Waals surface area (Å²) in [6.45, 7) is 3.14. The Morgan fingerprint density at radius 1 is 0.512 bits per heavy atom. The minimum atomic E-state index is -2.69. The van der Waals surface area contributed by atoms with E-state index in [9.17, 15) is 9.59 Å². The molecule has 2 aliphatic carbocycles. The van der Waals surface area contributed by atoms with Gasteiger partial charge in [0.2, 0.25) is 10.3 Å². The van der Waals surface area contributed by atoms with Crippen LogP contribution in [-0.4, -0.2) is 87.3 Å². The number of rotatable bonds is 16. The van der Waals surface area contributed by atoms with Crippen molar-refractivity contribution in [3.63, 3.8) is 0 Å². The number of carbonyl (C=O) groups excluding carboxylic acids is 6. The molecule has 2 saturated heterocycles. The van der Waals surface area contributed by atoms with E-state index in [0.717, 1.165) is 46.2 Å². The van der Waals surface area contributed by atoms with Gasteiger partial charge in [0.15, 0.2) is 10.1 Å². The van der Waals surface area contributed by atoms with Gasteiger partial charge in [-0.3, -0.25) is 19.4 Å². The number of amides is 2. The number of thiocarbonyl (C=S) groups is 2. The smallest absolute Gasteiger partial charge is 0.369 e. The van der Waals surface area contributed by atoms with Crippen molar-refractivity contribution in [2.24, 2.45) is 21.8 Å². The number of nitrogens with zero attached hydrogens (tertiary/aromatic N) is 6. The van der Waals surface area contributed by atoms with Crippen molar-refractivity contribution in [1.29, 1.82) is 0 Å². The maximum Gasteiger partial charge on any atom is 0.369 e. The Labute approximate surface area is 507 Å². The number of thiazole rings is 2. The molecule has 12 rings (SSSR count). The van der Waals surface area contributed by atoms with Crippen LogP contribution in [0.3, 0.4) is 0 Å². The number of ether oxygens (including phenoxy) is 6. The highest BCUT2D eigenvalue weighted by atomic mass is 32.2. The van der Waals surface area contributed by atoms with Gasteiger partial charge >= 0.3 is 35.1 Å². The molecule has 24 heteroatoms. The highest BCUT2D eigenvalue weighted by Gasteiger charge is 2.63. The Bertz CT molecular complexity index is 3570. The van der Waals surface area contributed by atoms with Crippen molar-refractivity contribution >= 4 is 146 Å². The van der Waals surface area contributed by atoms with E-state index in [1.165, 1.54) is 9.80 Å². The first-order valence-electron chi connectivity index (χ1n) is 26.2. The second-order valence-corrected chi connectivity index (χ2v) is 24.4. The van der Waals surface area contributed by atoms with Gasteiger partial charge in [0.25, 0.3) is 11.8 Å². The first-order valence-corrected chi connectivity index (χ1v) is 30.2. The summed E-state index contributed by atoms with van der Waals surface area (Å²) in [6, 6.07) is 35.6. The highest BCUT2D eigenvalue weighted by Crippen LogP contribution is 2.56. The van der Waals surface area contributed by atoms with Crippen LogP contribution in [0.2, 0.25) is 0 Å². The third-order valence-corrected chi connectivity index (χ3v) is 18.6. The van der Waals surface area contributed by atoms with Crippen molar-refractivity contribution in [3.05, 3.63) is 201 Å². The molecule has 6 aromatic rings. The van der Waals surface area contributed by atoms with Crippen LogP contribution in [0.15, 0.2) is 167 Å². The molecule has 2 fully saturated rings. The van der Waals surface area contributed by atoms with Crippen LogP contribution in [0, 0.1) is 11.8 Å². The summed E-state index contributed by atoms with van der Waals surface area (Å²) in [6.07, 6.45) is 7.10. The second-order valence-electron chi connectivity index (χ2n) is 19.2. The van der Waals surface area contributed by atoms with E-state index in [1.807, 2.05) is 36.4 Å². The number of thioether (sulfide) groups is 2. The predicted molar refractivity (Wildman–Crippen MR) is 323 cm³/mol. The molecule has 84 heavy (non-hydrogen) atoms. The van der Waals surface area contributed by atoms with Crippen molar-refractivity contribution in [1.82, 2.24) is 19.8 Å². The van der Waals surface area contributed by atoms with Crippen LogP contribution in [0.25, 0.3) is 11.1 Å². The number of aliphatic imine (C=N–C) groups is 2. The zero-order chi connectivity index (χ0) is 58.3. The minimum Gasteiger partial charge on any atom is -0.458 e. The van der Waals surface area contributed by atoms with Gasteiger partial charge in [-0.05, 0) is 71.8 Å². The summed E-state index contributed by atoms with van der Waals surface area (Å²) in [5.74, 6) is -6.57. The fourth-order valence-electron chi connectivity index (χ4n) is 9.79. The van der Waals surface area contributed by atoms with Crippen molar-refractivity contribution in [2.45, 2.75) is 51.5 Å². The largest absolute Gasteiger partial charge is 0.458 e. The molecule has 0 radical (unpaired) electrons. The summed E-state index contributed by atoms with van der Waals surface area (Å²) in [7, 11) is 0. The molecule has 18 nitrogen and oxygen atoms in total. The lowest BCUT2D eigenvalue weighted by Crippen LogP contribution is -2.51. The second kappa shape index (κ2) is 23.4. The average Bonchev–Trinajstić information content (AvgIpc) is 1.40. The molecule has 4 aliphatic heterocycles. The minimum absolute atomic E-state index is 0.00721. The van der Waals surface area contributed by atoms with Gasteiger partial charge in [-0.2, -0.15) is 0 Å². The van der Waals surface area contributed by atoms with Crippen LogP contribution < -0.4 is 0 Å². The first-order chi connectivity index (χ1) is 40.8. The lowest BCUT2D eigenvalue weighted by atomic mass is 9.76. The highest BCUT2D eigenvalue weighted by molar-refractivity contribution is 8.35. The fourth-order valence-corrected chi connectivity index (χ4v) is 14.5. The molecule has 2 amide bonds. The molecule has 0 bridgehead atoms. The van der Waals surface area contributed by atoms with Crippen LogP contribution in [0.1, 0.15) is 57.2 Å². The molecule has 2 unspecified atom stereocenters. The number of hydrogen-bond acceptors (Lipinski definition) is 22. The van der Waals surface area contributed by atoms with Crippen LogP contribution in [0.4, 0.5) is 10.3 Å². The average molecular weight is 1230 g/mol. The third-order valence-electron chi connectivity index (χ3n) is 14.0. The van der Waals surface area contributed by atoms with E-state index >= 15 is 19.2 Å². The van der Waals surface area contributed by atoms with Gasteiger partial charge < -0.3 is 28.4 Å². The summed E-state index contributed by atoms with van der Waals surface area (Å²) in [5, 5.41) is 0.0419. The Kier molecular flexibility index (Phi) is 15.7. The molecule has 2 atom stereocenters. The predicted octanol–water partition coefficient (Wildman–Crippen LogP) is 10.3. The molecule has 4 aromatic carbocycles. The standard InChI is InChI=1S/C60H44N6O12S6/c1-3-65-49(67)47(83-57(65)79)63-55-61-45-43(81-55)39-25-37-28-42-40(26-38(37)27-41(39)77-59(45,51(69)73-29-33-17-9-5-10-18-33)52(70)74-30-34-19-11-6-12-20-34)44-46(62-56(82-44)64-48-50(68)66(4-2)58(80)84-48)60(78-42,53(71)75-31-35-21-13-7-14-22-35)54(72)76-32-36-23-15-8-16-24-36/h5-28,37-38H,3-4,29-32H2,1-2H3. The molecular weight excluding hydrogens is 1190 g/mol. The Hall–Kier alpha value is -8.26. The molecule has 0 spiro atoms. The summed E-state index contributed by atoms with van der Waals surface area (Å²) in [4.78, 5) is 110. The number of allylic oxidation sites excluding steroid dienone is 6. The zero-order valence-corrected chi connectivity index (χ0v) is 49.2. The number of carbonyl (C=O) groups is 6. The van der Waals surface area contributed by atoms with E-state index < -0.39 is 58.7 Å². The molecular formula is C60H44N6O12S6. The summed E-state index contributed by atoms with van der Waals surface area (Å²) >= 11 is 15.0.